The maximum Gasteiger partial charge on any atom is 0.187 e. The first-order valence-corrected chi connectivity index (χ1v) is 5.90. The van der Waals surface area contributed by atoms with Crippen LogP contribution in [0.25, 0.3) is 0 Å². The minimum atomic E-state index is -0.639. The first kappa shape index (κ1) is 13.0. The lowest BCUT2D eigenvalue weighted by atomic mass is 10.1. The maximum atomic E-state index is 8.92. The molecule has 2 saturated heterocycles. The largest absolute Gasteiger partial charge is 0.394 e. The van der Waals surface area contributed by atoms with Gasteiger partial charge in [-0.25, -0.2) is 0 Å². The van der Waals surface area contributed by atoms with E-state index in [9.17, 15) is 0 Å². The second-order valence-electron chi connectivity index (χ2n) is 4.80. The summed E-state index contributed by atoms with van der Waals surface area (Å²) in [6.45, 7) is 7.80. The fourth-order valence-corrected chi connectivity index (χ4v) is 2.04. The van der Waals surface area contributed by atoms with Crippen molar-refractivity contribution in [3.63, 3.8) is 0 Å². The Morgan fingerprint density at radius 3 is 2.65 bits per heavy atom. The average Bonchev–Trinajstić information content (AvgIpc) is 2.94. The second-order valence-corrected chi connectivity index (χ2v) is 4.80. The Morgan fingerprint density at radius 2 is 2.06 bits per heavy atom. The summed E-state index contributed by atoms with van der Waals surface area (Å²) in [7, 11) is 0. The van der Waals surface area contributed by atoms with Crippen LogP contribution in [-0.4, -0.2) is 48.7 Å². The van der Waals surface area contributed by atoms with E-state index in [1.54, 1.807) is 6.08 Å². The van der Waals surface area contributed by atoms with Crippen LogP contribution in [0.3, 0.4) is 0 Å². The molecule has 2 aliphatic rings. The van der Waals surface area contributed by atoms with E-state index < -0.39 is 12.1 Å². The molecule has 2 rings (SSSR count). The van der Waals surface area contributed by atoms with Gasteiger partial charge in [-0.2, -0.15) is 0 Å². The normalized spacial score (nSPS) is 39.2. The topological polar surface area (TPSA) is 60.5 Å². The molecule has 0 radical (unpaired) electrons. The number of rotatable bonds is 6. The molecule has 0 aromatic rings. The number of aliphatic hydroxyl groups excluding tert-OH is 1. The molecule has 0 bridgehead atoms. The zero-order valence-corrected chi connectivity index (χ0v) is 10.3. The number of hydrogen-bond acceptors (Lipinski definition) is 5. The fraction of sp³-hybridized carbons (Fsp3) is 0.833. The Kier molecular flexibility index (Phi) is 3.85. The lowest BCUT2D eigenvalue weighted by Crippen LogP contribution is -2.27. The lowest BCUT2D eigenvalue weighted by Gasteiger charge is -2.16. The van der Waals surface area contributed by atoms with Crippen molar-refractivity contribution in [3.8, 4) is 0 Å². The Morgan fingerprint density at radius 1 is 1.29 bits per heavy atom. The smallest absolute Gasteiger partial charge is 0.187 e. The van der Waals surface area contributed by atoms with E-state index in [0.29, 0.717) is 13.0 Å². The van der Waals surface area contributed by atoms with Gasteiger partial charge in [0, 0.05) is 6.42 Å². The summed E-state index contributed by atoms with van der Waals surface area (Å²) in [4.78, 5) is 0. The van der Waals surface area contributed by atoms with Crippen LogP contribution in [0, 0.1) is 0 Å². The summed E-state index contributed by atoms with van der Waals surface area (Å²) in [5.41, 5.74) is 0. The molecule has 2 heterocycles. The number of aliphatic hydroxyl groups is 1. The van der Waals surface area contributed by atoms with Gasteiger partial charge in [0.05, 0.1) is 19.3 Å². The first-order valence-electron chi connectivity index (χ1n) is 5.90. The highest BCUT2D eigenvalue weighted by molar-refractivity contribution is 4.90. The Labute approximate surface area is 101 Å². The minimum Gasteiger partial charge on any atom is -0.394 e. The summed E-state index contributed by atoms with van der Waals surface area (Å²) in [5, 5.41) is 8.92. The van der Waals surface area contributed by atoms with Crippen LogP contribution in [0.4, 0.5) is 0 Å². The number of epoxide rings is 1. The molecule has 17 heavy (non-hydrogen) atoms. The van der Waals surface area contributed by atoms with E-state index in [1.165, 1.54) is 0 Å². The van der Waals surface area contributed by atoms with E-state index in [-0.39, 0.29) is 24.9 Å². The molecule has 0 aliphatic carbocycles. The van der Waals surface area contributed by atoms with E-state index in [4.69, 9.17) is 24.1 Å². The molecule has 0 amide bonds. The van der Waals surface area contributed by atoms with Gasteiger partial charge >= 0.3 is 0 Å². The fourth-order valence-electron chi connectivity index (χ4n) is 2.04. The van der Waals surface area contributed by atoms with Crippen molar-refractivity contribution in [3.05, 3.63) is 12.7 Å². The molecule has 4 atom stereocenters. The van der Waals surface area contributed by atoms with Crippen molar-refractivity contribution < 1.29 is 24.1 Å². The molecule has 0 aromatic carbocycles. The first-order chi connectivity index (χ1) is 8.05. The molecular weight excluding hydrogens is 224 g/mol. The molecule has 5 heteroatoms. The predicted octanol–water partition coefficient (Wildman–Crippen LogP) is 0.816. The molecule has 0 aromatic heterocycles. The predicted molar refractivity (Wildman–Crippen MR) is 60.3 cm³/mol. The summed E-state index contributed by atoms with van der Waals surface area (Å²) in [6.07, 6.45) is 1.80. The van der Waals surface area contributed by atoms with Crippen molar-refractivity contribution in [1.29, 1.82) is 0 Å². The van der Waals surface area contributed by atoms with E-state index in [1.807, 2.05) is 13.8 Å². The third-order valence-electron chi connectivity index (χ3n) is 2.85. The van der Waals surface area contributed by atoms with Gasteiger partial charge in [0.1, 0.15) is 12.2 Å². The highest BCUT2D eigenvalue weighted by Gasteiger charge is 2.48. The van der Waals surface area contributed by atoms with Gasteiger partial charge in [0.15, 0.2) is 12.1 Å². The van der Waals surface area contributed by atoms with Gasteiger partial charge in [-0.15, -0.1) is 6.58 Å². The van der Waals surface area contributed by atoms with Crippen LogP contribution in [0.15, 0.2) is 12.7 Å². The van der Waals surface area contributed by atoms with E-state index in [0.717, 1.165) is 0 Å². The molecule has 2 fully saturated rings. The molecule has 0 spiro atoms. The summed E-state index contributed by atoms with van der Waals surface area (Å²) < 4.78 is 22.2. The number of ether oxygens (including phenoxy) is 4. The zero-order chi connectivity index (χ0) is 12.5. The summed E-state index contributed by atoms with van der Waals surface area (Å²) >= 11 is 0. The molecule has 0 unspecified atom stereocenters. The quantitative estimate of drug-likeness (QED) is 0.553. The van der Waals surface area contributed by atoms with Gasteiger partial charge in [-0.05, 0) is 13.8 Å². The van der Waals surface area contributed by atoms with Crippen LogP contribution in [-0.2, 0) is 18.9 Å². The number of hydrogen-bond donors (Lipinski definition) is 1. The third kappa shape index (κ3) is 3.26. The van der Waals surface area contributed by atoms with Crippen molar-refractivity contribution >= 4 is 0 Å². The maximum absolute atomic E-state index is 8.92. The highest BCUT2D eigenvalue weighted by atomic mass is 16.8. The van der Waals surface area contributed by atoms with Crippen LogP contribution < -0.4 is 0 Å². The van der Waals surface area contributed by atoms with Gasteiger partial charge in [-0.1, -0.05) is 6.08 Å². The Balaban J connectivity index is 1.86. The van der Waals surface area contributed by atoms with Crippen LogP contribution in [0.5, 0.6) is 0 Å². The molecule has 5 nitrogen and oxygen atoms in total. The molecule has 1 N–H and O–H groups in total. The van der Waals surface area contributed by atoms with Crippen LogP contribution in [0.2, 0.25) is 0 Å². The Bertz CT molecular complexity index is 278. The van der Waals surface area contributed by atoms with Crippen molar-refractivity contribution in [2.24, 2.45) is 0 Å². The molecule has 0 saturated carbocycles. The Hall–Kier alpha value is -0.460. The zero-order valence-electron chi connectivity index (χ0n) is 10.3. The van der Waals surface area contributed by atoms with Crippen molar-refractivity contribution in [1.82, 2.24) is 0 Å². The monoisotopic (exact) mass is 244 g/mol. The lowest BCUT2D eigenvalue weighted by molar-refractivity contribution is -0.187. The summed E-state index contributed by atoms with van der Waals surface area (Å²) in [6, 6.07) is 0. The van der Waals surface area contributed by atoms with Crippen molar-refractivity contribution in [2.45, 2.75) is 50.7 Å². The average molecular weight is 244 g/mol. The van der Waals surface area contributed by atoms with Gasteiger partial charge in [0.2, 0.25) is 0 Å². The standard InChI is InChI=1S/C12H20O5/c1-4-5-14-11-9(16-12(2,3)17-11)6-8-10(7-13)15-8/h4,8-11,13H,1,5-7H2,2-3H3/t8-,9-,10-,11+/m0/s1. The molecule has 98 valence electrons. The van der Waals surface area contributed by atoms with Gasteiger partial charge < -0.3 is 24.1 Å². The van der Waals surface area contributed by atoms with Gasteiger partial charge in [-0.3, -0.25) is 0 Å². The minimum absolute atomic E-state index is 0.0531. The highest BCUT2D eigenvalue weighted by Crippen LogP contribution is 2.35. The molecule has 2 aliphatic heterocycles. The van der Waals surface area contributed by atoms with E-state index >= 15 is 0 Å². The van der Waals surface area contributed by atoms with Crippen LogP contribution >= 0.6 is 0 Å². The van der Waals surface area contributed by atoms with Crippen LogP contribution in [0.1, 0.15) is 20.3 Å². The second kappa shape index (κ2) is 5.04. The van der Waals surface area contributed by atoms with Crippen molar-refractivity contribution in [2.75, 3.05) is 13.2 Å². The third-order valence-corrected chi connectivity index (χ3v) is 2.85. The van der Waals surface area contributed by atoms with Gasteiger partial charge in [0.25, 0.3) is 0 Å². The SMILES string of the molecule is C=CCO[C@@H]1OC(C)(C)O[C@H]1C[C@@H]1O[C@H]1CO. The molecular formula is C12H20O5. The summed E-state index contributed by atoms with van der Waals surface area (Å²) in [5.74, 6) is -0.639. The van der Waals surface area contributed by atoms with E-state index in [2.05, 4.69) is 6.58 Å².